The summed E-state index contributed by atoms with van der Waals surface area (Å²) in [5.41, 5.74) is 0.369. The molecular formula is C9H7F2NO2. The zero-order valence-electron chi connectivity index (χ0n) is 7.09. The predicted molar refractivity (Wildman–Crippen MR) is 43.6 cm³/mol. The molecule has 1 atom stereocenters. The molecule has 0 unspecified atom stereocenters. The normalized spacial score (nSPS) is 20.4. The fraction of sp³-hybridized carbons (Fsp3) is 0.222. The molecule has 5 heteroatoms. The van der Waals surface area contributed by atoms with Crippen LogP contribution in [0.15, 0.2) is 18.2 Å². The first-order chi connectivity index (χ1) is 6.65. The molecule has 0 aliphatic carbocycles. The van der Waals surface area contributed by atoms with Crippen LogP contribution in [0.1, 0.15) is 11.6 Å². The van der Waals surface area contributed by atoms with Gasteiger partial charge in [0.15, 0.2) is 0 Å². The highest BCUT2D eigenvalue weighted by atomic mass is 19.1. The third-order valence-corrected chi connectivity index (χ3v) is 1.96. The molecule has 1 aromatic carbocycles. The van der Waals surface area contributed by atoms with Crippen LogP contribution in [0.5, 0.6) is 0 Å². The van der Waals surface area contributed by atoms with E-state index >= 15 is 0 Å². The third-order valence-electron chi connectivity index (χ3n) is 1.96. The molecule has 74 valence electrons. The van der Waals surface area contributed by atoms with Crippen molar-refractivity contribution in [1.29, 1.82) is 0 Å². The van der Waals surface area contributed by atoms with Gasteiger partial charge in [-0.15, -0.1) is 0 Å². The van der Waals surface area contributed by atoms with Crippen molar-refractivity contribution in [3.63, 3.8) is 0 Å². The fourth-order valence-corrected chi connectivity index (χ4v) is 1.34. The maximum atomic E-state index is 12.8. The minimum absolute atomic E-state index is 0.0989. The number of carbonyl (C=O) groups is 1. The van der Waals surface area contributed by atoms with Crippen molar-refractivity contribution in [1.82, 2.24) is 5.32 Å². The van der Waals surface area contributed by atoms with Gasteiger partial charge in [0.2, 0.25) is 0 Å². The van der Waals surface area contributed by atoms with E-state index in [-0.39, 0.29) is 6.61 Å². The highest BCUT2D eigenvalue weighted by molar-refractivity contribution is 5.70. The summed E-state index contributed by atoms with van der Waals surface area (Å²) in [5.74, 6) is -1.33. The lowest BCUT2D eigenvalue weighted by Gasteiger charge is -2.07. The van der Waals surface area contributed by atoms with E-state index < -0.39 is 23.8 Å². The molecule has 1 amide bonds. The van der Waals surface area contributed by atoms with E-state index in [1.165, 1.54) is 12.1 Å². The van der Waals surface area contributed by atoms with Gasteiger partial charge < -0.3 is 10.1 Å². The number of cyclic esters (lactones) is 1. The van der Waals surface area contributed by atoms with E-state index in [2.05, 4.69) is 10.1 Å². The Morgan fingerprint density at radius 1 is 1.29 bits per heavy atom. The Kier molecular flexibility index (Phi) is 2.07. The molecule has 14 heavy (non-hydrogen) atoms. The smallest absolute Gasteiger partial charge is 0.407 e. The largest absolute Gasteiger partial charge is 0.447 e. The van der Waals surface area contributed by atoms with E-state index in [1.54, 1.807) is 0 Å². The molecule has 3 nitrogen and oxygen atoms in total. The first-order valence-electron chi connectivity index (χ1n) is 4.04. The Bertz CT molecular complexity index is 361. The van der Waals surface area contributed by atoms with E-state index in [1.807, 2.05) is 0 Å². The number of ether oxygens (including phenoxy) is 1. The van der Waals surface area contributed by atoms with Gasteiger partial charge in [0.25, 0.3) is 0 Å². The van der Waals surface area contributed by atoms with Crippen molar-refractivity contribution in [3.8, 4) is 0 Å². The number of halogens is 2. The summed E-state index contributed by atoms with van der Waals surface area (Å²) in [6, 6.07) is 2.65. The zero-order valence-corrected chi connectivity index (χ0v) is 7.09. The van der Waals surface area contributed by atoms with Crippen LogP contribution in [0.2, 0.25) is 0 Å². The Labute approximate surface area is 78.7 Å². The van der Waals surface area contributed by atoms with Gasteiger partial charge in [-0.1, -0.05) is 0 Å². The zero-order chi connectivity index (χ0) is 10.1. The first-order valence-corrected chi connectivity index (χ1v) is 4.04. The summed E-state index contributed by atoms with van der Waals surface area (Å²) in [6.45, 7) is 0.0989. The van der Waals surface area contributed by atoms with E-state index in [4.69, 9.17) is 0 Å². The molecule has 0 aromatic heterocycles. The molecule has 1 heterocycles. The van der Waals surface area contributed by atoms with Gasteiger partial charge in [0.1, 0.15) is 18.2 Å². The number of nitrogens with one attached hydrogen (secondary N) is 1. The van der Waals surface area contributed by atoms with E-state index in [9.17, 15) is 13.6 Å². The van der Waals surface area contributed by atoms with Crippen molar-refractivity contribution >= 4 is 6.09 Å². The molecule has 0 saturated carbocycles. The van der Waals surface area contributed by atoms with Crippen LogP contribution in [0.25, 0.3) is 0 Å². The molecule has 0 spiro atoms. The van der Waals surface area contributed by atoms with Gasteiger partial charge >= 0.3 is 6.09 Å². The highest BCUT2D eigenvalue weighted by Gasteiger charge is 2.24. The van der Waals surface area contributed by atoms with Crippen LogP contribution in [0.3, 0.4) is 0 Å². The van der Waals surface area contributed by atoms with Crippen LogP contribution >= 0.6 is 0 Å². The van der Waals surface area contributed by atoms with Gasteiger partial charge in [0, 0.05) is 6.07 Å². The number of hydrogen-bond acceptors (Lipinski definition) is 2. The fourth-order valence-electron chi connectivity index (χ4n) is 1.34. The van der Waals surface area contributed by atoms with Crippen LogP contribution in [0.4, 0.5) is 13.6 Å². The Morgan fingerprint density at radius 3 is 2.43 bits per heavy atom. The van der Waals surface area contributed by atoms with Crippen LogP contribution in [0, 0.1) is 11.6 Å². The molecule has 1 aliphatic heterocycles. The lowest BCUT2D eigenvalue weighted by atomic mass is 10.1. The second kappa shape index (κ2) is 3.25. The molecular weight excluding hydrogens is 192 g/mol. The van der Waals surface area contributed by atoms with Gasteiger partial charge in [0.05, 0.1) is 6.04 Å². The highest BCUT2D eigenvalue weighted by Crippen LogP contribution is 2.19. The molecule has 1 aromatic rings. The summed E-state index contributed by atoms with van der Waals surface area (Å²) in [7, 11) is 0. The van der Waals surface area contributed by atoms with Crippen LogP contribution in [-0.2, 0) is 4.74 Å². The van der Waals surface area contributed by atoms with Gasteiger partial charge in [-0.25, -0.2) is 13.6 Å². The summed E-state index contributed by atoms with van der Waals surface area (Å²) >= 11 is 0. The van der Waals surface area contributed by atoms with Crippen LogP contribution < -0.4 is 5.32 Å². The third kappa shape index (κ3) is 1.66. The van der Waals surface area contributed by atoms with Crippen molar-refractivity contribution < 1.29 is 18.3 Å². The first kappa shape index (κ1) is 8.93. The van der Waals surface area contributed by atoms with Crippen LogP contribution in [-0.4, -0.2) is 12.7 Å². The lowest BCUT2D eigenvalue weighted by Crippen LogP contribution is -2.18. The average Bonchev–Trinajstić information content (AvgIpc) is 2.50. The minimum atomic E-state index is -0.666. The van der Waals surface area contributed by atoms with Crippen molar-refractivity contribution in [2.75, 3.05) is 6.61 Å². The number of alkyl carbamates (subject to hydrolysis) is 1. The van der Waals surface area contributed by atoms with Crippen molar-refractivity contribution in [2.45, 2.75) is 6.04 Å². The SMILES string of the molecule is O=C1N[C@H](c2cc(F)cc(F)c2)CO1. The lowest BCUT2D eigenvalue weighted by molar-refractivity contribution is 0.177. The Hall–Kier alpha value is -1.65. The summed E-state index contributed by atoms with van der Waals surface area (Å²) < 4.78 is 30.2. The minimum Gasteiger partial charge on any atom is -0.447 e. The molecule has 0 bridgehead atoms. The number of carbonyl (C=O) groups excluding carboxylic acids is 1. The van der Waals surface area contributed by atoms with Crippen molar-refractivity contribution in [3.05, 3.63) is 35.4 Å². The topological polar surface area (TPSA) is 38.3 Å². The second-order valence-electron chi connectivity index (χ2n) is 3.00. The standard InChI is InChI=1S/C9H7F2NO2/c10-6-1-5(2-7(11)3-6)8-4-14-9(13)12-8/h1-3,8H,4H2,(H,12,13)/t8-/m0/s1. The average molecular weight is 199 g/mol. The second-order valence-corrected chi connectivity index (χ2v) is 3.00. The van der Waals surface area contributed by atoms with E-state index in [0.29, 0.717) is 5.56 Å². The predicted octanol–water partition coefficient (Wildman–Crippen LogP) is 1.75. The summed E-state index contributed by atoms with van der Waals surface area (Å²) in [5, 5.41) is 2.43. The van der Waals surface area contributed by atoms with Gasteiger partial charge in [-0.3, -0.25) is 0 Å². The van der Waals surface area contributed by atoms with E-state index in [0.717, 1.165) is 6.07 Å². The molecule has 0 radical (unpaired) electrons. The maximum Gasteiger partial charge on any atom is 0.407 e. The maximum absolute atomic E-state index is 12.8. The number of rotatable bonds is 1. The van der Waals surface area contributed by atoms with Gasteiger partial charge in [-0.2, -0.15) is 0 Å². The monoisotopic (exact) mass is 199 g/mol. The van der Waals surface area contributed by atoms with Crippen molar-refractivity contribution in [2.24, 2.45) is 0 Å². The molecule has 2 rings (SSSR count). The molecule has 1 N–H and O–H groups in total. The Morgan fingerprint density at radius 2 is 1.93 bits per heavy atom. The quantitative estimate of drug-likeness (QED) is 0.748. The number of benzene rings is 1. The molecule has 1 saturated heterocycles. The summed E-state index contributed by atoms with van der Waals surface area (Å²) in [6.07, 6.45) is -0.570. The number of hydrogen-bond donors (Lipinski definition) is 1. The summed E-state index contributed by atoms with van der Waals surface area (Å²) in [4.78, 5) is 10.7. The molecule has 1 aliphatic rings. The van der Waals surface area contributed by atoms with Gasteiger partial charge in [-0.05, 0) is 17.7 Å². The Balaban J connectivity index is 2.27. The molecule has 1 fully saturated rings. The number of amides is 1.